The molecule has 2 aromatic rings. The molecule has 0 saturated carbocycles. The molecule has 5 nitrogen and oxygen atoms in total. The molecule has 0 saturated heterocycles. The van der Waals surface area contributed by atoms with Crippen molar-refractivity contribution in [3.63, 3.8) is 0 Å². The van der Waals surface area contributed by atoms with E-state index in [2.05, 4.69) is 0 Å². The first-order chi connectivity index (χ1) is 11.4. The Labute approximate surface area is 142 Å². The first-order valence-electron chi connectivity index (χ1n) is 8.07. The molecule has 0 aliphatic carbocycles. The lowest BCUT2D eigenvalue weighted by Gasteiger charge is -2.21. The van der Waals surface area contributed by atoms with Gasteiger partial charge in [0.2, 0.25) is 0 Å². The number of likely N-dealkylation sites (N-methyl/N-ethyl adjacent to an activating group) is 1. The summed E-state index contributed by atoms with van der Waals surface area (Å²) in [6, 6.07) is 11.1. The molecule has 0 aliphatic heterocycles. The van der Waals surface area contributed by atoms with Crippen molar-refractivity contribution < 1.29 is 14.3 Å². The van der Waals surface area contributed by atoms with Gasteiger partial charge in [-0.1, -0.05) is 18.2 Å². The van der Waals surface area contributed by atoms with Gasteiger partial charge in [-0.2, -0.15) is 0 Å². The zero-order valence-electron chi connectivity index (χ0n) is 14.9. The Morgan fingerprint density at radius 2 is 1.83 bits per heavy atom. The maximum Gasteiger partial charge on any atom is 0.340 e. The number of esters is 1. The topological polar surface area (TPSA) is 51.5 Å². The summed E-state index contributed by atoms with van der Waals surface area (Å²) < 4.78 is 7.43. The molecular formula is C19H24N2O3. The first-order valence-corrected chi connectivity index (χ1v) is 8.07. The minimum absolute atomic E-state index is 0.265. The highest BCUT2D eigenvalue weighted by Crippen LogP contribution is 2.18. The lowest BCUT2D eigenvalue weighted by Crippen LogP contribution is -2.37. The van der Waals surface area contributed by atoms with E-state index in [9.17, 15) is 9.59 Å². The highest BCUT2D eigenvalue weighted by molar-refractivity contribution is 5.99. The molecule has 2 rings (SSSR count). The van der Waals surface area contributed by atoms with E-state index in [1.807, 2.05) is 55.7 Å². The largest absolute Gasteiger partial charge is 0.449 e. The number of anilines is 1. The standard InChI is InChI=1S/C19H24N2O3/c1-6-21-13(2)12-17(14(21)3)19(23)24-15(4)18(22)20(5)16-10-8-7-9-11-16/h7-12,15H,6H2,1-5H3/t15-/m1/s1. The van der Waals surface area contributed by atoms with Crippen LogP contribution in [0.2, 0.25) is 0 Å². The van der Waals surface area contributed by atoms with Crippen LogP contribution in [0, 0.1) is 13.8 Å². The Morgan fingerprint density at radius 3 is 2.38 bits per heavy atom. The van der Waals surface area contributed by atoms with E-state index in [1.165, 1.54) is 4.90 Å². The summed E-state index contributed by atoms with van der Waals surface area (Å²) in [5.41, 5.74) is 3.13. The normalized spacial score (nSPS) is 11.9. The number of rotatable bonds is 5. The summed E-state index contributed by atoms with van der Waals surface area (Å²) in [5.74, 6) is -0.732. The Hall–Kier alpha value is -2.56. The predicted octanol–water partition coefficient (Wildman–Crippen LogP) is 3.33. The van der Waals surface area contributed by atoms with Crippen molar-refractivity contribution in [2.24, 2.45) is 0 Å². The van der Waals surface area contributed by atoms with E-state index < -0.39 is 12.1 Å². The van der Waals surface area contributed by atoms with Gasteiger partial charge in [0, 0.05) is 30.7 Å². The predicted molar refractivity (Wildman–Crippen MR) is 94.3 cm³/mol. The van der Waals surface area contributed by atoms with Crippen molar-refractivity contribution in [2.45, 2.75) is 40.3 Å². The van der Waals surface area contributed by atoms with Crippen molar-refractivity contribution in [1.82, 2.24) is 4.57 Å². The third kappa shape index (κ3) is 3.50. The molecular weight excluding hydrogens is 304 g/mol. The van der Waals surface area contributed by atoms with Gasteiger partial charge >= 0.3 is 5.97 Å². The second-order valence-corrected chi connectivity index (χ2v) is 5.81. The smallest absolute Gasteiger partial charge is 0.340 e. The summed E-state index contributed by atoms with van der Waals surface area (Å²) in [5, 5.41) is 0. The van der Waals surface area contributed by atoms with Crippen molar-refractivity contribution in [2.75, 3.05) is 11.9 Å². The summed E-state index contributed by atoms with van der Waals surface area (Å²) in [7, 11) is 1.67. The highest BCUT2D eigenvalue weighted by atomic mass is 16.5. The SMILES string of the molecule is CCn1c(C)cc(C(=O)O[C@H](C)C(=O)N(C)c2ccccc2)c1C. The van der Waals surface area contributed by atoms with Gasteiger partial charge in [0.25, 0.3) is 5.91 Å². The van der Waals surface area contributed by atoms with Crippen LogP contribution < -0.4 is 4.90 Å². The van der Waals surface area contributed by atoms with Gasteiger partial charge in [-0.05, 0) is 45.9 Å². The molecule has 0 fully saturated rings. The second kappa shape index (κ2) is 7.34. The van der Waals surface area contributed by atoms with Gasteiger partial charge in [-0.25, -0.2) is 4.79 Å². The number of nitrogens with zero attached hydrogens (tertiary/aromatic N) is 2. The summed E-state index contributed by atoms with van der Waals surface area (Å²) in [6.07, 6.45) is -0.854. The quantitative estimate of drug-likeness (QED) is 0.791. The number of hydrogen-bond donors (Lipinski definition) is 0. The molecule has 1 heterocycles. The fourth-order valence-corrected chi connectivity index (χ4v) is 2.82. The minimum atomic E-state index is -0.854. The minimum Gasteiger partial charge on any atom is -0.449 e. The van der Waals surface area contributed by atoms with Crippen LogP contribution in [-0.4, -0.2) is 29.6 Å². The van der Waals surface area contributed by atoms with E-state index in [0.29, 0.717) is 5.56 Å². The van der Waals surface area contributed by atoms with Crippen LogP contribution in [0.3, 0.4) is 0 Å². The zero-order chi connectivity index (χ0) is 17.9. The third-order valence-electron chi connectivity index (χ3n) is 4.22. The van der Waals surface area contributed by atoms with E-state index in [-0.39, 0.29) is 5.91 Å². The monoisotopic (exact) mass is 328 g/mol. The van der Waals surface area contributed by atoms with Gasteiger partial charge in [0.05, 0.1) is 5.56 Å². The number of carbonyl (C=O) groups excluding carboxylic acids is 2. The average Bonchev–Trinajstić information content (AvgIpc) is 2.88. The highest BCUT2D eigenvalue weighted by Gasteiger charge is 2.25. The first kappa shape index (κ1) is 17.8. The maximum absolute atomic E-state index is 12.5. The van der Waals surface area contributed by atoms with Gasteiger partial charge in [-0.15, -0.1) is 0 Å². The molecule has 128 valence electrons. The lowest BCUT2D eigenvalue weighted by atomic mass is 10.2. The molecule has 1 aromatic carbocycles. The third-order valence-corrected chi connectivity index (χ3v) is 4.22. The molecule has 1 atom stereocenters. The van der Waals surface area contributed by atoms with Crippen molar-refractivity contribution in [1.29, 1.82) is 0 Å². The van der Waals surface area contributed by atoms with Gasteiger partial charge < -0.3 is 14.2 Å². The van der Waals surface area contributed by atoms with Crippen LogP contribution >= 0.6 is 0 Å². The summed E-state index contributed by atoms with van der Waals surface area (Å²) in [6.45, 7) is 8.24. The fraction of sp³-hybridized carbons (Fsp3) is 0.368. The maximum atomic E-state index is 12.5. The molecule has 24 heavy (non-hydrogen) atoms. The second-order valence-electron chi connectivity index (χ2n) is 5.81. The molecule has 0 N–H and O–H groups in total. The average molecular weight is 328 g/mol. The Kier molecular flexibility index (Phi) is 5.44. The molecule has 1 aromatic heterocycles. The Bertz CT molecular complexity index is 735. The van der Waals surface area contributed by atoms with Gasteiger partial charge in [0.15, 0.2) is 6.10 Å². The van der Waals surface area contributed by atoms with E-state index in [0.717, 1.165) is 23.6 Å². The number of aryl methyl sites for hydroxylation is 1. The number of hydrogen-bond acceptors (Lipinski definition) is 3. The van der Waals surface area contributed by atoms with Crippen molar-refractivity contribution in [3.8, 4) is 0 Å². The van der Waals surface area contributed by atoms with Crippen LogP contribution in [0.25, 0.3) is 0 Å². The molecule has 1 amide bonds. The number of para-hydroxylation sites is 1. The van der Waals surface area contributed by atoms with Crippen LogP contribution in [0.5, 0.6) is 0 Å². The van der Waals surface area contributed by atoms with Crippen molar-refractivity contribution in [3.05, 3.63) is 53.3 Å². The Morgan fingerprint density at radius 1 is 1.21 bits per heavy atom. The van der Waals surface area contributed by atoms with Gasteiger partial charge in [0.1, 0.15) is 0 Å². The van der Waals surface area contributed by atoms with E-state index in [4.69, 9.17) is 4.74 Å². The number of benzene rings is 1. The number of amides is 1. The molecule has 0 spiro atoms. The summed E-state index contributed by atoms with van der Waals surface area (Å²) >= 11 is 0. The number of aromatic nitrogens is 1. The zero-order valence-corrected chi connectivity index (χ0v) is 14.9. The van der Waals surface area contributed by atoms with Crippen LogP contribution in [0.4, 0.5) is 5.69 Å². The molecule has 0 radical (unpaired) electrons. The van der Waals surface area contributed by atoms with E-state index >= 15 is 0 Å². The summed E-state index contributed by atoms with van der Waals surface area (Å²) in [4.78, 5) is 26.4. The van der Waals surface area contributed by atoms with E-state index in [1.54, 1.807) is 20.0 Å². The van der Waals surface area contributed by atoms with Crippen LogP contribution in [0.1, 0.15) is 35.6 Å². The number of ether oxygens (including phenoxy) is 1. The van der Waals surface area contributed by atoms with Crippen molar-refractivity contribution >= 4 is 17.6 Å². The Balaban J connectivity index is 2.10. The lowest BCUT2D eigenvalue weighted by molar-refractivity contribution is -0.126. The van der Waals surface area contributed by atoms with Crippen LogP contribution in [0.15, 0.2) is 36.4 Å². The molecule has 0 aliphatic rings. The fourth-order valence-electron chi connectivity index (χ4n) is 2.82. The molecule has 0 bridgehead atoms. The van der Waals surface area contributed by atoms with Gasteiger partial charge in [-0.3, -0.25) is 4.79 Å². The molecule has 0 unspecified atom stereocenters. The number of carbonyl (C=O) groups is 2. The van der Waals surface area contributed by atoms with Crippen LogP contribution in [-0.2, 0) is 16.1 Å². The molecule has 5 heteroatoms.